The van der Waals surface area contributed by atoms with Crippen molar-refractivity contribution in [2.75, 3.05) is 0 Å². The number of hydrogen-bond acceptors (Lipinski definition) is 1. The van der Waals surface area contributed by atoms with Crippen LogP contribution in [0.15, 0.2) is 54.6 Å². The summed E-state index contributed by atoms with van der Waals surface area (Å²) in [4.78, 5) is 14.7. The maximum atomic E-state index is 12.7. The van der Waals surface area contributed by atoms with Gasteiger partial charge in [0.1, 0.15) is 0 Å². The number of hydrogen-bond donors (Lipinski definition) is 0. The zero-order chi connectivity index (χ0) is 15.4. The highest BCUT2D eigenvalue weighted by Gasteiger charge is 2.21. The minimum Gasteiger partial charge on any atom is -0.334 e. The van der Waals surface area contributed by atoms with Gasteiger partial charge in [-0.1, -0.05) is 42.5 Å². The number of rotatable bonds is 4. The molecule has 0 heterocycles. The van der Waals surface area contributed by atoms with E-state index in [9.17, 15) is 4.79 Å². The van der Waals surface area contributed by atoms with Gasteiger partial charge in [0.2, 0.25) is 0 Å². The van der Waals surface area contributed by atoms with Crippen LogP contribution in [0.25, 0.3) is 11.1 Å². The van der Waals surface area contributed by atoms with Crippen LogP contribution in [0.1, 0.15) is 38.1 Å². The third-order valence-electron chi connectivity index (χ3n) is 3.56. The summed E-state index contributed by atoms with van der Waals surface area (Å²) in [6, 6.07) is 18.4. The van der Waals surface area contributed by atoms with Gasteiger partial charge in [0.15, 0.2) is 0 Å². The minimum absolute atomic E-state index is 0.0952. The molecule has 2 nitrogen and oxygen atoms in total. The van der Waals surface area contributed by atoms with Crippen molar-refractivity contribution in [2.45, 2.75) is 39.8 Å². The summed E-state index contributed by atoms with van der Waals surface area (Å²) in [6.45, 7) is 8.22. The highest BCUT2D eigenvalue weighted by atomic mass is 16.2. The average molecular weight is 281 g/mol. The Kier molecular flexibility index (Phi) is 4.79. The van der Waals surface area contributed by atoms with Crippen LogP contribution in [-0.2, 0) is 0 Å². The number of benzene rings is 2. The van der Waals surface area contributed by atoms with E-state index < -0.39 is 0 Å². The molecular formula is C19H23NO. The molecule has 0 aliphatic heterocycles. The Labute approximate surface area is 127 Å². The first-order valence-corrected chi connectivity index (χ1v) is 7.49. The Balaban J connectivity index is 2.35. The van der Waals surface area contributed by atoms with E-state index in [1.54, 1.807) is 0 Å². The van der Waals surface area contributed by atoms with Crippen LogP contribution in [0.2, 0.25) is 0 Å². The fourth-order valence-electron chi connectivity index (χ4n) is 2.68. The lowest BCUT2D eigenvalue weighted by Crippen LogP contribution is -2.42. The van der Waals surface area contributed by atoms with Crippen molar-refractivity contribution in [3.05, 3.63) is 60.2 Å². The van der Waals surface area contributed by atoms with Crippen LogP contribution in [-0.4, -0.2) is 22.9 Å². The maximum Gasteiger partial charge on any atom is 0.254 e. The molecule has 0 aromatic heterocycles. The molecule has 2 rings (SSSR count). The number of carbonyl (C=O) groups excluding carboxylic acids is 1. The number of carbonyl (C=O) groups is 1. The van der Waals surface area contributed by atoms with E-state index in [0.717, 1.165) is 16.7 Å². The standard InChI is InChI=1S/C19H23NO/c1-14(2)20(15(3)4)19(21)18-12-8-11-17(13-18)16-9-6-5-7-10-16/h5-15H,1-4H3. The Morgan fingerprint density at radius 2 is 1.38 bits per heavy atom. The first-order valence-electron chi connectivity index (χ1n) is 7.49. The summed E-state index contributed by atoms with van der Waals surface area (Å²) in [6.07, 6.45) is 0. The van der Waals surface area contributed by atoms with Crippen LogP contribution >= 0.6 is 0 Å². The lowest BCUT2D eigenvalue weighted by atomic mass is 10.0. The first-order chi connectivity index (χ1) is 10.0. The third-order valence-corrected chi connectivity index (χ3v) is 3.56. The van der Waals surface area contributed by atoms with E-state index in [1.165, 1.54) is 0 Å². The summed E-state index contributed by atoms with van der Waals surface area (Å²) in [5.74, 6) is 0.0952. The van der Waals surface area contributed by atoms with Crippen molar-refractivity contribution in [1.29, 1.82) is 0 Å². The second kappa shape index (κ2) is 6.57. The van der Waals surface area contributed by atoms with Gasteiger partial charge >= 0.3 is 0 Å². The topological polar surface area (TPSA) is 20.3 Å². The van der Waals surface area contributed by atoms with E-state index in [0.29, 0.717) is 0 Å². The Bertz CT molecular complexity index is 594. The van der Waals surface area contributed by atoms with Crippen LogP contribution < -0.4 is 0 Å². The average Bonchev–Trinajstić information content (AvgIpc) is 2.47. The molecule has 0 aliphatic rings. The summed E-state index contributed by atoms with van der Waals surface area (Å²) in [5.41, 5.74) is 2.96. The molecule has 0 saturated heterocycles. The van der Waals surface area contributed by atoms with Gasteiger partial charge < -0.3 is 4.90 Å². The molecule has 0 atom stereocenters. The number of amides is 1. The maximum absolute atomic E-state index is 12.7. The van der Waals surface area contributed by atoms with Crippen molar-refractivity contribution in [1.82, 2.24) is 4.90 Å². The largest absolute Gasteiger partial charge is 0.334 e. The second-order valence-corrected chi connectivity index (χ2v) is 5.85. The van der Waals surface area contributed by atoms with E-state index in [2.05, 4.69) is 39.8 Å². The molecule has 2 aromatic rings. The van der Waals surface area contributed by atoms with Gasteiger partial charge in [-0.2, -0.15) is 0 Å². The van der Waals surface area contributed by atoms with Crippen molar-refractivity contribution >= 4 is 5.91 Å². The highest BCUT2D eigenvalue weighted by molar-refractivity contribution is 5.95. The molecule has 0 spiro atoms. The Morgan fingerprint density at radius 3 is 1.95 bits per heavy atom. The van der Waals surface area contributed by atoms with Crippen LogP contribution in [0.4, 0.5) is 0 Å². The molecule has 0 radical (unpaired) electrons. The molecule has 0 saturated carbocycles. The van der Waals surface area contributed by atoms with Crippen molar-refractivity contribution < 1.29 is 4.79 Å². The van der Waals surface area contributed by atoms with Gasteiger partial charge in [-0.05, 0) is 51.0 Å². The fourth-order valence-corrected chi connectivity index (χ4v) is 2.68. The zero-order valence-corrected chi connectivity index (χ0v) is 13.2. The van der Waals surface area contributed by atoms with E-state index >= 15 is 0 Å². The van der Waals surface area contributed by atoms with Gasteiger partial charge in [-0.25, -0.2) is 0 Å². The third kappa shape index (κ3) is 3.52. The minimum atomic E-state index is 0.0952. The smallest absolute Gasteiger partial charge is 0.254 e. The molecule has 0 N–H and O–H groups in total. The van der Waals surface area contributed by atoms with E-state index in [-0.39, 0.29) is 18.0 Å². The van der Waals surface area contributed by atoms with Crippen LogP contribution in [0, 0.1) is 0 Å². The molecule has 21 heavy (non-hydrogen) atoms. The van der Waals surface area contributed by atoms with Crippen LogP contribution in [0.5, 0.6) is 0 Å². The molecule has 110 valence electrons. The van der Waals surface area contributed by atoms with Gasteiger partial charge in [0, 0.05) is 17.6 Å². The van der Waals surface area contributed by atoms with E-state index in [4.69, 9.17) is 0 Å². The molecular weight excluding hydrogens is 258 g/mol. The lowest BCUT2D eigenvalue weighted by molar-refractivity contribution is 0.0644. The Morgan fingerprint density at radius 1 is 0.810 bits per heavy atom. The highest BCUT2D eigenvalue weighted by Crippen LogP contribution is 2.21. The molecule has 0 fully saturated rings. The molecule has 0 bridgehead atoms. The predicted octanol–water partition coefficient (Wildman–Crippen LogP) is 4.61. The molecule has 1 amide bonds. The lowest BCUT2D eigenvalue weighted by Gasteiger charge is -2.31. The molecule has 0 aliphatic carbocycles. The summed E-state index contributed by atoms with van der Waals surface area (Å²) >= 11 is 0. The first kappa shape index (κ1) is 15.3. The summed E-state index contributed by atoms with van der Waals surface area (Å²) in [5, 5.41) is 0. The zero-order valence-electron chi connectivity index (χ0n) is 13.2. The predicted molar refractivity (Wildman–Crippen MR) is 88.3 cm³/mol. The van der Waals surface area contributed by atoms with Gasteiger partial charge in [0.25, 0.3) is 5.91 Å². The monoisotopic (exact) mass is 281 g/mol. The van der Waals surface area contributed by atoms with Crippen molar-refractivity contribution in [2.24, 2.45) is 0 Å². The van der Waals surface area contributed by atoms with Gasteiger partial charge in [-0.15, -0.1) is 0 Å². The molecule has 2 aromatic carbocycles. The quantitative estimate of drug-likeness (QED) is 0.801. The fraction of sp³-hybridized carbons (Fsp3) is 0.316. The molecule has 2 heteroatoms. The van der Waals surface area contributed by atoms with Gasteiger partial charge in [0.05, 0.1) is 0 Å². The normalized spacial score (nSPS) is 11.0. The Hall–Kier alpha value is -2.09. The van der Waals surface area contributed by atoms with Crippen molar-refractivity contribution in [3.8, 4) is 11.1 Å². The van der Waals surface area contributed by atoms with E-state index in [1.807, 2.05) is 47.4 Å². The van der Waals surface area contributed by atoms with Crippen molar-refractivity contribution in [3.63, 3.8) is 0 Å². The summed E-state index contributed by atoms with van der Waals surface area (Å²) < 4.78 is 0. The molecule has 0 unspecified atom stereocenters. The number of nitrogens with zero attached hydrogens (tertiary/aromatic N) is 1. The summed E-state index contributed by atoms with van der Waals surface area (Å²) in [7, 11) is 0. The van der Waals surface area contributed by atoms with Crippen LogP contribution in [0.3, 0.4) is 0 Å². The SMILES string of the molecule is CC(C)N(C(=O)c1cccc(-c2ccccc2)c1)C(C)C. The van der Waals surface area contributed by atoms with Gasteiger partial charge in [-0.3, -0.25) is 4.79 Å². The second-order valence-electron chi connectivity index (χ2n) is 5.85.